The van der Waals surface area contributed by atoms with Gasteiger partial charge in [-0.3, -0.25) is 9.59 Å². The molecule has 0 aliphatic carbocycles. The van der Waals surface area contributed by atoms with Crippen LogP contribution in [-0.4, -0.2) is 58.6 Å². The molecular weight excluding hydrogens is 460 g/mol. The summed E-state index contributed by atoms with van der Waals surface area (Å²) in [5, 5.41) is 7.11. The van der Waals surface area contributed by atoms with Crippen molar-refractivity contribution in [3.8, 4) is 11.6 Å². The Balaban J connectivity index is 1.57. The lowest BCUT2D eigenvalue weighted by Gasteiger charge is -2.34. The van der Waals surface area contributed by atoms with Crippen LogP contribution in [0.4, 0.5) is 17.6 Å². The van der Waals surface area contributed by atoms with Crippen molar-refractivity contribution in [1.29, 1.82) is 0 Å². The van der Waals surface area contributed by atoms with Crippen molar-refractivity contribution in [2.24, 2.45) is 5.73 Å². The Morgan fingerprint density at radius 2 is 1.91 bits per heavy atom. The van der Waals surface area contributed by atoms with Gasteiger partial charge in [-0.05, 0) is 23.8 Å². The van der Waals surface area contributed by atoms with Gasteiger partial charge in [0.2, 0.25) is 11.8 Å². The summed E-state index contributed by atoms with van der Waals surface area (Å²) in [5.41, 5.74) is 5.54. The van der Waals surface area contributed by atoms with E-state index in [1.807, 2.05) is 0 Å². The number of hydrogen-bond acceptors (Lipinski definition) is 6. The number of aromatic nitrogens is 2. The lowest BCUT2D eigenvalue weighted by Crippen LogP contribution is -2.49. The average molecular weight is 477 g/mol. The van der Waals surface area contributed by atoms with Gasteiger partial charge in [-0.25, -0.2) is 4.39 Å². The van der Waals surface area contributed by atoms with Gasteiger partial charge >= 0.3 is 6.36 Å². The van der Waals surface area contributed by atoms with E-state index in [1.165, 1.54) is 17.0 Å². The Kier molecular flexibility index (Phi) is 7.02. The minimum atomic E-state index is -4.81. The average Bonchev–Trinajstić information content (AvgIpc) is 2.70. The standard InChI is InChI=1S/C19H17ClF4N4O4/c20-15-8-12(17(25)30)18(27-26-15)31-14-5-6-28(9-13(14)21)16(29)7-10-1-3-11(4-2-10)32-19(22,23)24/h1-4,8,13-14H,5-7,9H2,(H2,25,30)/t13-,14+/m1/s1. The SMILES string of the molecule is NC(=O)c1cc(Cl)nnc1O[C@H]1CCN(C(=O)Cc2ccc(OC(F)(F)F)cc2)C[C@H]1F. The highest BCUT2D eigenvalue weighted by Gasteiger charge is 2.34. The first-order chi connectivity index (χ1) is 15.0. The van der Waals surface area contributed by atoms with E-state index < -0.39 is 36.2 Å². The largest absolute Gasteiger partial charge is 0.573 e. The van der Waals surface area contributed by atoms with Gasteiger partial charge in [0.05, 0.1) is 13.0 Å². The van der Waals surface area contributed by atoms with Gasteiger partial charge in [0.15, 0.2) is 11.3 Å². The fourth-order valence-corrected chi connectivity index (χ4v) is 3.25. The minimum Gasteiger partial charge on any atom is -0.469 e. The molecule has 2 amide bonds. The topological polar surface area (TPSA) is 108 Å². The number of likely N-dealkylation sites (tertiary alicyclic amines) is 1. The number of piperidine rings is 1. The number of halogens is 5. The highest BCUT2D eigenvalue weighted by molar-refractivity contribution is 6.29. The third kappa shape index (κ3) is 6.19. The van der Waals surface area contributed by atoms with E-state index in [9.17, 15) is 27.2 Å². The summed E-state index contributed by atoms with van der Waals surface area (Å²) in [5.74, 6) is -1.93. The molecule has 2 N–H and O–H groups in total. The van der Waals surface area contributed by atoms with E-state index >= 15 is 0 Å². The molecular formula is C19H17ClF4N4O4. The van der Waals surface area contributed by atoms with Crippen LogP contribution in [0.25, 0.3) is 0 Å². The molecule has 13 heteroatoms. The molecule has 0 bridgehead atoms. The molecule has 1 aliphatic heterocycles. The van der Waals surface area contributed by atoms with Crippen molar-refractivity contribution in [2.75, 3.05) is 13.1 Å². The zero-order chi connectivity index (χ0) is 23.5. The monoisotopic (exact) mass is 476 g/mol. The number of nitrogens with zero attached hydrogens (tertiary/aromatic N) is 3. The normalized spacial score (nSPS) is 18.8. The molecule has 0 spiro atoms. The lowest BCUT2D eigenvalue weighted by atomic mass is 10.0. The van der Waals surface area contributed by atoms with Gasteiger partial charge in [0, 0.05) is 13.0 Å². The number of carbonyl (C=O) groups excluding carboxylic acids is 2. The van der Waals surface area contributed by atoms with Crippen LogP contribution in [0.1, 0.15) is 22.3 Å². The molecule has 1 aromatic carbocycles. The number of amides is 2. The van der Waals surface area contributed by atoms with Gasteiger partial charge in [0.25, 0.3) is 5.91 Å². The molecule has 3 rings (SSSR count). The van der Waals surface area contributed by atoms with Crippen LogP contribution in [0, 0.1) is 0 Å². The third-order valence-electron chi connectivity index (χ3n) is 4.61. The van der Waals surface area contributed by atoms with Crippen LogP contribution < -0.4 is 15.2 Å². The second-order valence-electron chi connectivity index (χ2n) is 6.92. The molecule has 2 heterocycles. The van der Waals surface area contributed by atoms with E-state index in [4.69, 9.17) is 22.1 Å². The quantitative estimate of drug-likeness (QED) is 0.642. The maximum atomic E-state index is 14.7. The number of primary amides is 1. The molecule has 172 valence electrons. The molecule has 32 heavy (non-hydrogen) atoms. The van der Waals surface area contributed by atoms with Crippen LogP contribution >= 0.6 is 11.6 Å². The Hall–Kier alpha value is -3.15. The molecule has 0 saturated carbocycles. The molecule has 1 aromatic heterocycles. The molecule has 1 saturated heterocycles. The van der Waals surface area contributed by atoms with E-state index in [0.717, 1.165) is 18.2 Å². The van der Waals surface area contributed by atoms with Crippen LogP contribution in [0.3, 0.4) is 0 Å². The summed E-state index contributed by atoms with van der Waals surface area (Å²) in [6, 6.07) is 6.00. The van der Waals surface area contributed by atoms with E-state index in [2.05, 4.69) is 14.9 Å². The number of alkyl halides is 4. The highest BCUT2D eigenvalue weighted by atomic mass is 35.5. The van der Waals surface area contributed by atoms with Gasteiger partial charge in [-0.2, -0.15) is 0 Å². The predicted octanol–water partition coefficient (Wildman–Crippen LogP) is 2.69. The van der Waals surface area contributed by atoms with Gasteiger partial charge in [-0.15, -0.1) is 23.4 Å². The fraction of sp³-hybridized carbons (Fsp3) is 0.368. The smallest absolute Gasteiger partial charge is 0.469 e. The van der Waals surface area contributed by atoms with Crippen LogP contribution in [0.2, 0.25) is 5.15 Å². The zero-order valence-corrected chi connectivity index (χ0v) is 17.1. The van der Waals surface area contributed by atoms with Crippen molar-refractivity contribution in [2.45, 2.75) is 31.5 Å². The molecule has 0 unspecified atom stereocenters. The summed E-state index contributed by atoms with van der Waals surface area (Å²) in [6.07, 6.45) is -7.41. The fourth-order valence-electron chi connectivity index (χ4n) is 3.10. The van der Waals surface area contributed by atoms with Crippen LogP contribution in [0.5, 0.6) is 11.6 Å². The first kappa shape index (κ1) is 23.5. The predicted molar refractivity (Wildman–Crippen MR) is 103 cm³/mol. The second kappa shape index (κ2) is 9.55. The Morgan fingerprint density at radius 3 is 2.50 bits per heavy atom. The Morgan fingerprint density at radius 1 is 1.22 bits per heavy atom. The van der Waals surface area contributed by atoms with E-state index in [1.54, 1.807) is 0 Å². The summed E-state index contributed by atoms with van der Waals surface area (Å²) < 4.78 is 60.6. The Bertz CT molecular complexity index is 990. The molecule has 2 atom stereocenters. The lowest BCUT2D eigenvalue weighted by molar-refractivity contribution is -0.274. The number of rotatable bonds is 6. The van der Waals surface area contributed by atoms with Gasteiger partial charge < -0.3 is 20.1 Å². The molecule has 1 fully saturated rings. The van der Waals surface area contributed by atoms with Crippen LogP contribution in [0.15, 0.2) is 30.3 Å². The van der Waals surface area contributed by atoms with Crippen molar-refractivity contribution in [3.63, 3.8) is 0 Å². The third-order valence-corrected chi connectivity index (χ3v) is 4.79. The van der Waals surface area contributed by atoms with Gasteiger partial charge in [0.1, 0.15) is 17.4 Å². The molecule has 2 aromatic rings. The van der Waals surface area contributed by atoms with Crippen molar-refractivity contribution in [3.05, 3.63) is 46.6 Å². The number of hydrogen-bond donors (Lipinski definition) is 1. The van der Waals surface area contributed by atoms with E-state index in [-0.39, 0.29) is 42.5 Å². The summed E-state index contributed by atoms with van der Waals surface area (Å²) in [6.45, 7) is -0.113. The molecule has 8 nitrogen and oxygen atoms in total. The van der Waals surface area contributed by atoms with Crippen molar-refractivity contribution < 1.29 is 36.6 Å². The van der Waals surface area contributed by atoms with Crippen molar-refractivity contribution >= 4 is 23.4 Å². The maximum absolute atomic E-state index is 14.7. The molecule has 1 aliphatic rings. The molecule has 0 radical (unpaired) electrons. The van der Waals surface area contributed by atoms with Crippen LogP contribution in [-0.2, 0) is 11.2 Å². The summed E-state index contributed by atoms with van der Waals surface area (Å²) >= 11 is 5.68. The number of nitrogens with two attached hydrogens (primary N) is 1. The van der Waals surface area contributed by atoms with Gasteiger partial charge in [-0.1, -0.05) is 23.7 Å². The zero-order valence-electron chi connectivity index (χ0n) is 16.3. The first-order valence-corrected chi connectivity index (χ1v) is 9.66. The maximum Gasteiger partial charge on any atom is 0.573 e. The minimum absolute atomic E-state index is 0.0821. The second-order valence-corrected chi connectivity index (χ2v) is 7.31. The number of ether oxygens (including phenoxy) is 2. The highest BCUT2D eigenvalue weighted by Crippen LogP contribution is 2.25. The van der Waals surface area contributed by atoms with E-state index in [0.29, 0.717) is 5.56 Å². The summed E-state index contributed by atoms with van der Waals surface area (Å²) in [4.78, 5) is 25.3. The number of benzene rings is 1. The van der Waals surface area contributed by atoms with Crippen molar-refractivity contribution in [1.82, 2.24) is 15.1 Å². The Labute approximate surface area is 184 Å². The number of carbonyl (C=O) groups is 2. The first-order valence-electron chi connectivity index (χ1n) is 9.28. The summed E-state index contributed by atoms with van der Waals surface area (Å²) in [7, 11) is 0.